The lowest BCUT2D eigenvalue weighted by atomic mass is 9.79. The molecule has 112 valence electrons. The van der Waals surface area contributed by atoms with E-state index in [1.807, 2.05) is 0 Å². The third-order valence-corrected chi connectivity index (χ3v) is 5.65. The second kappa shape index (κ2) is 5.84. The number of carbonyl (C=O) groups is 2. The van der Waals surface area contributed by atoms with Crippen LogP contribution in [-0.4, -0.2) is 35.0 Å². The summed E-state index contributed by atoms with van der Waals surface area (Å²) in [4.78, 5) is 26.5. The number of amides is 2. The van der Waals surface area contributed by atoms with Crippen molar-refractivity contribution in [3.8, 4) is 0 Å². The molecule has 4 atom stereocenters. The van der Waals surface area contributed by atoms with E-state index in [-0.39, 0.29) is 36.2 Å². The Balaban J connectivity index is 1.70. The quantitative estimate of drug-likeness (QED) is 0.803. The van der Waals surface area contributed by atoms with Crippen LogP contribution in [0.5, 0.6) is 0 Å². The van der Waals surface area contributed by atoms with Crippen LogP contribution in [0.1, 0.15) is 51.4 Å². The average molecular weight is 279 g/mol. The highest BCUT2D eigenvalue weighted by Gasteiger charge is 2.48. The molecule has 1 heterocycles. The number of rotatable bonds is 3. The molecule has 3 aliphatic rings. The first-order valence-electron chi connectivity index (χ1n) is 8.18. The molecule has 0 aromatic heterocycles. The Hall–Kier alpha value is -0.900. The first-order chi connectivity index (χ1) is 9.72. The minimum atomic E-state index is -0.0348. The van der Waals surface area contributed by atoms with Gasteiger partial charge in [-0.05, 0) is 37.5 Å². The number of fused-ring (bicyclic) bond motifs is 1. The third kappa shape index (κ3) is 2.39. The number of likely N-dealkylation sites (tertiary alicyclic amines) is 1. The van der Waals surface area contributed by atoms with Crippen molar-refractivity contribution < 1.29 is 14.7 Å². The molecule has 0 aromatic rings. The van der Waals surface area contributed by atoms with Crippen LogP contribution >= 0.6 is 0 Å². The van der Waals surface area contributed by atoms with Crippen LogP contribution in [0.2, 0.25) is 0 Å². The van der Waals surface area contributed by atoms with Gasteiger partial charge in [-0.3, -0.25) is 14.5 Å². The van der Waals surface area contributed by atoms with E-state index in [1.54, 1.807) is 4.90 Å². The van der Waals surface area contributed by atoms with Crippen molar-refractivity contribution in [3.63, 3.8) is 0 Å². The topological polar surface area (TPSA) is 57.6 Å². The lowest BCUT2D eigenvalue weighted by Crippen LogP contribution is -2.39. The van der Waals surface area contributed by atoms with Crippen molar-refractivity contribution in [2.75, 3.05) is 13.2 Å². The van der Waals surface area contributed by atoms with Crippen molar-refractivity contribution in [3.05, 3.63) is 0 Å². The van der Waals surface area contributed by atoms with Gasteiger partial charge in [-0.15, -0.1) is 0 Å². The predicted octanol–water partition coefficient (Wildman–Crippen LogP) is 1.96. The summed E-state index contributed by atoms with van der Waals surface area (Å²) in [5.74, 6) is 0.651. The number of carbonyl (C=O) groups excluding carboxylic acids is 2. The number of imide groups is 1. The second-order valence-electron chi connectivity index (χ2n) is 6.77. The summed E-state index contributed by atoms with van der Waals surface area (Å²) < 4.78 is 0. The maximum atomic E-state index is 12.5. The molecule has 1 N–H and O–H groups in total. The molecule has 3 rings (SSSR count). The molecule has 1 saturated heterocycles. The summed E-state index contributed by atoms with van der Waals surface area (Å²) in [7, 11) is 0. The largest absolute Gasteiger partial charge is 0.396 e. The molecule has 0 bridgehead atoms. The Bertz CT molecular complexity index is 371. The van der Waals surface area contributed by atoms with Gasteiger partial charge >= 0.3 is 0 Å². The van der Waals surface area contributed by atoms with Gasteiger partial charge in [-0.25, -0.2) is 0 Å². The Morgan fingerprint density at radius 2 is 1.35 bits per heavy atom. The molecule has 0 radical (unpaired) electrons. The summed E-state index contributed by atoms with van der Waals surface area (Å²) in [5.41, 5.74) is 0. The standard InChI is InChI=1S/C16H25NO3/c18-10-12-6-2-1-5-11(12)9-17-15(19)13-7-3-4-8-14(13)16(17)20/h11-14,18H,1-10H2/t11-,12-,13?,14?/m0/s1. The van der Waals surface area contributed by atoms with Gasteiger partial charge in [-0.1, -0.05) is 25.7 Å². The van der Waals surface area contributed by atoms with Gasteiger partial charge in [0.25, 0.3) is 0 Å². The molecular formula is C16H25NO3. The predicted molar refractivity (Wildman–Crippen MR) is 74.7 cm³/mol. The number of hydrogen-bond donors (Lipinski definition) is 1. The van der Waals surface area contributed by atoms with Gasteiger partial charge < -0.3 is 5.11 Å². The Morgan fingerprint density at radius 3 is 1.90 bits per heavy atom. The molecule has 2 saturated carbocycles. The van der Waals surface area contributed by atoms with Crippen molar-refractivity contribution >= 4 is 11.8 Å². The zero-order valence-electron chi connectivity index (χ0n) is 12.1. The normalized spacial score (nSPS) is 38.1. The van der Waals surface area contributed by atoms with Crippen molar-refractivity contribution in [1.82, 2.24) is 4.90 Å². The number of nitrogens with zero attached hydrogens (tertiary/aromatic N) is 1. The fourth-order valence-corrected chi connectivity index (χ4v) is 4.41. The molecule has 0 aromatic carbocycles. The van der Waals surface area contributed by atoms with E-state index in [1.165, 1.54) is 0 Å². The minimum Gasteiger partial charge on any atom is -0.396 e. The summed E-state index contributed by atoms with van der Waals surface area (Å²) in [6.45, 7) is 0.740. The molecule has 1 aliphatic heterocycles. The molecule has 20 heavy (non-hydrogen) atoms. The van der Waals surface area contributed by atoms with Crippen LogP contribution in [0.25, 0.3) is 0 Å². The summed E-state index contributed by atoms with van der Waals surface area (Å²) in [5, 5.41) is 9.49. The Morgan fingerprint density at radius 1 is 0.850 bits per heavy atom. The van der Waals surface area contributed by atoms with Gasteiger partial charge in [0.15, 0.2) is 0 Å². The summed E-state index contributed by atoms with van der Waals surface area (Å²) >= 11 is 0. The van der Waals surface area contributed by atoms with E-state index in [4.69, 9.17) is 0 Å². The molecule has 2 unspecified atom stereocenters. The summed E-state index contributed by atoms with van der Waals surface area (Å²) in [6, 6.07) is 0. The van der Waals surface area contributed by atoms with Gasteiger partial charge in [0.05, 0.1) is 11.8 Å². The molecule has 4 heteroatoms. The summed E-state index contributed by atoms with van der Waals surface area (Å²) in [6.07, 6.45) is 8.33. The number of aliphatic hydroxyl groups is 1. The highest BCUT2D eigenvalue weighted by molar-refractivity contribution is 6.05. The van der Waals surface area contributed by atoms with E-state index in [0.717, 1.165) is 51.4 Å². The molecule has 2 amide bonds. The first kappa shape index (κ1) is 14.1. The minimum absolute atomic E-state index is 0.0348. The van der Waals surface area contributed by atoms with Crippen molar-refractivity contribution in [2.24, 2.45) is 23.7 Å². The smallest absolute Gasteiger partial charge is 0.233 e. The molecule has 2 aliphatic carbocycles. The van der Waals surface area contributed by atoms with Crippen molar-refractivity contribution in [1.29, 1.82) is 0 Å². The highest BCUT2D eigenvalue weighted by Crippen LogP contribution is 2.39. The Kier molecular flexibility index (Phi) is 4.11. The van der Waals surface area contributed by atoms with E-state index in [2.05, 4.69) is 0 Å². The van der Waals surface area contributed by atoms with Gasteiger partial charge in [0, 0.05) is 13.2 Å². The van der Waals surface area contributed by atoms with Crippen LogP contribution in [0, 0.1) is 23.7 Å². The second-order valence-corrected chi connectivity index (χ2v) is 6.77. The first-order valence-corrected chi connectivity index (χ1v) is 8.18. The monoisotopic (exact) mass is 279 g/mol. The van der Waals surface area contributed by atoms with E-state index >= 15 is 0 Å². The maximum absolute atomic E-state index is 12.5. The zero-order valence-corrected chi connectivity index (χ0v) is 12.1. The highest BCUT2D eigenvalue weighted by atomic mass is 16.3. The van der Waals surface area contributed by atoms with E-state index in [9.17, 15) is 14.7 Å². The van der Waals surface area contributed by atoms with Gasteiger partial charge in [0.1, 0.15) is 0 Å². The van der Waals surface area contributed by atoms with Gasteiger partial charge in [-0.2, -0.15) is 0 Å². The lowest BCUT2D eigenvalue weighted by Gasteiger charge is -2.32. The molecule has 0 spiro atoms. The van der Waals surface area contributed by atoms with Crippen LogP contribution in [0.15, 0.2) is 0 Å². The molecular weight excluding hydrogens is 254 g/mol. The fourth-order valence-electron chi connectivity index (χ4n) is 4.41. The number of hydrogen-bond acceptors (Lipinski definition) is 3. The SMILES string of the molecule is O=C1C2CCCCC2C(=O)N1C[C@@H]1CCCC[C@H]1CO. The van der Waals surface area contributed by atoms with Crippen LogP contribution < -0.4 is 0 Å². The van der Waals surface area contributed by atoms with Gasteiger partial charge in [0.2, 0.25) is 11.8 Å². The average Bonchev–Trinajstić information content (AvgIpc) is 2.73. The zero-order chi connectivity index (χ0) is 14.1. The fraction of sp³-hybridized carbons (Fsp3) is 0.875. The van der Waals surface area contributed by atoms with Crippen LogP contribution in [0.3, 0.4) is 0 Å². The number of aliphatic hydroxyl groups excluding tert-OH is 1. The Labute approximate surface area is 120 Å². The van der Waals surface area contributed by atoms with Crippen LogP contribution in [-0.2, 0) is 9.59 Å². The van der Waals surface area contributed by atoms with Crippen LogP contribution in [0.4, 0.5) is 0 Å². The maximum Gasteiger partial charge on any atom is 0.233 e. The van der Waals surface area contributed by atoms with E-state index < -0.39 is 0 Å². The lowest BCUT2D eigenvalue weighted by molar-refractivity contribution is -0.141. The molecule has 4 nitrogen and oxygen atoms in total. The van der Waals surface area contributed by atoms with E-state index in [0.29, 0.717) is 12.5 Å². The van der Waals surface area contributed by atoms with Crippen molar-refractivity contribution in [2.45, 2.75) is 51.4 Å². The third-order valence-electron chi connectivity index (χ3n) is 5.65. The molecule has 3 fully saturated rings.